The number of nitrogens with zero attached hydrogens (tertiary/aromatic N) is 1. The molecule has 110 valence electrons. The third-order valence-corrected chi connectivity index (χ3v) is 4.32. The van der Waals surface area contributed by atoms with Crippen molar-refractivity contribution in [1.82, 2.24) is 4.98 Å². The van der Waals surface area contributed by atoms with Gasteiger partial charge in [0.15, 0.2) is 0 Å². The molecule has 0 saturated heterocycles. The van der Waals surface area contributed by atoms with E-state index in [1.165, 1.54) is 19.3 Å². The molecule has 0 spiro atoms. The molecule has 1 atom stereocenters. The highest BCUT2D eigenvalue weighted by molar-refractivity contribution is 5.88. The molecule has 20 heavy (non-hydrogen) atoms. The van der Waals surface area contributed by atoms with Crippen LogP contribution in [0.5, 0.6) is 0 Å². The highest BCUT2D eigenvalue weighted by Gasteiger charge is 2.32. The minimum atomic E-state index is -0.895. The largest absolute Gasteiger partial charge is 0.478 e. The van der Waals surface area contributed by atoms with Gasteiger partial charge in [0.05, 0.1) is 5.56 Å². The van der Waals surface area contributed by atoms with E-state index in [-0.39, 0.29) is 5.41 Å². The molecule has 1 aromatic rings. The molecule has 4 heteroatoms. The molecule has 4 nitrogen and oxygen atoms in total. The zero-order valence-corrected chi connectivity index (χ0v) is 12.6. The van der Waals surface area contributed by atoms with Crippen LogP contribution in [0.2, 0.25) is 0 Å². The van der Waals surface area contributed by atoms with Crippen molar-refractivity contribution in [3.8, 4) is 0 Å². The predicted molar refractivity (Wildman–Crippen MR) is 80.2 cm³/mol. The summed E-state index contributed by atoms with van der Waals surface area (Å²) in [5.74, 6) is -0.199. The van der Waals surface area contributed by atoms with Crippen LogP contribution in [-0.2, 0) is 6.42 Å². The Morgan fingerprint density at radius 3 is 2.80 bits per heavy atom. The summed E-state index contributed by atoms with van der Waals surface area (Å²) >= 11 is 0. The number of aromatic nitrogens is 1. The molecule has 1 saturated carbocycles. The van der Waals surface area contributed by atoms with E-state index in [4.69, 9.17) is 0 Å². The first-order valence-electron chi connectivity index (χ1n) is 7.43. The maximum absolute atomic E-state index is 11.2. The van der Waals surface area contributed by atoms with E-state index in [1.807, 2.05) is 6.92 Å². The second kappa shape index (κ2) is 5.81. The molecule has 2 N–H and O–H groups in total. The average molecular weight is 276 g/mol. The highest BCUT2D eigenvalue weighted by atomic mass is 16.4. The number of nitrogens with one attached hydrogen (secondary N) is 1. The third kappa shape index (κ3) is 3.30. The molecule has 0 aliphatic heterocycles. The van der Waals surface area contributed by atoms with Crippen molar-refractivity contribution in [2.45, 2.75) is 58.9 Å². The molecule has 0 amide bonds. The predicted octanol–water partition coefficient (Wildman–Crippen LogP) is 3.72. The molecule has 2 rings (SSSR count). The number of pyridine rings is 1. The monoisotopic (exact) mass is 276 g/mol. The van der Waals surface area contributed by atoms with Crippen LogP contribution in [-0.4, -0.2) is 22.1 Å². The van der Waals surface area contributed by atoms with Crippen molar-refractivity contribution < 1.29 is 9.90 Å². The van der Waals surface area contributed by atoms with Gasteiger partial charge in [0.2, 0.25) is 0 Å². The average Bonchev–Trinajstić information content (AvgIpc) is 2.40. The van der Waals surface area contributed by atoms with E-state index >= 15 is 0 Å². The van der Waals surface area contributed by atoms with Gasteiger partial charge in [-0.3, -0.25) is 0 Å². The van der Waals surface area contributed by atoms with Crippen LogP contribution in [0.3, 0.4) is 0 Å². The number of rotatable bonds is 4. The summed E-state index contributed by atoms with van der Waals surface area (Å²) in [6.45, 7) is 6.53. The minimum absolute atomic E-state index is 0.228. The Kier molecular flexibility index (Phi) is 4.31. The SMILES string of the molecule is CCc1cc(C(=O)O)cc(NC2CCCCC2(C)C)n1. The summed E-state index contributed by atoms with van der Waals surface area (Å²) in [5, 5.41) is 12.6. The number of hydrogen-bond acceptors (Lipinski definition) is 3. The van der Waals surface area contributed by atoms with Gasteiger partial charge in [0.1, 0.15) is 5.82 Å². The van der Waals surface area contributed by atoms with Crippen molar-refractivity contribution in [3.05, 3.63) is 23.4 Å². The van der Waals surface area contributed by atoms with Crippen molar-refractivity contribution >= 4 is 11.8 Å². The summed E-state index contributed by atoms with van der Waals surface area (Å²) in [7, 11) is 0. The van der Waals surface area contributed by atoms with Gasteiger partial charge in [-0.25, -0.2) is 9.78 Å². The quantitative estimate of drug-likeness (QED) is 0.879. The van der Waals surface area contributed by atoms with Gasteiger partial charge in [-0.1, -0.05) is 33.6 Å². The summed E-state index contributed by atoms with van der Waals surface area (Å²) in [5.41, 5.74) is 1.36. The molecule has 0 radical (unpaired) electrons. The summed E-state index contributed by atoms with van der Waals surface area (Å²) in [6, 6.07) is 3.66. The van der Waals surface area contributed by atoms with Crippen molar-refractivity contribution in [2.75, 3.05) is 5.32 Å². The lowest BCUT2D eigenvalue weighted by Crippen LogP contribution is -2.39. The van der Waals surface area contributed by atoms with Crippen LogP contribution in [0.4, 0.5) is 5.82 Å². The van der Waals surface area contributed by atoms with Gasteiger partial charge < -0.3 is 10.4 Å². The lowest BCUT2D eigenvalue weighted by atomic mass is 9.73. The smallest absolute Gasteiger partial charge is 0.335 e. The van der Waals surface area contributed by atoms with Crippen LogP contribution in [0.1, 0.15) is 62.5 Å². The van der Waals surface area contributed by atoms with Gasteiger partial charge in [-0.2, -0.15) is 0 Å². The van der Waals surface area contributed by atoms with Gasteiger partial charge >= 0.3 is 5.97 Å². The van der Waals surface area contributed by atoms with Crippen LogP contribution in [0.25, 0.3) is 0 Å². The lowest BCUT2D eigenvalue weighted by molar-refractivity contribution is 0.0696. The van der Waals surface area contributed by atoms with Crippen molar-refractivity contribution in [2.24, 2.45) is 5.41 Å². The number of anilines is 1. The van der Waals surface area contributed by atoms with Crippen molar-refractivity contribution in [1.29, 1.82) is 0 Å². The van der Waals surface area contributed by atoms with Gasteiger partial charge in [0.25, 0.3) is 0 Å². The number of carboxylic acids is 1. The Morgan fingerprint density at radius 2 is 2.20 bits per heavy atom. The molecule has 1 fully saturated rings. The summed E-state index contributed by atoms with van der Waals surface area (Å²) in [4.78, 5) is 15.7. The maximum atomic E-state index is 11.2. The van der Waals surface area contributed by atoms with Gasteiger partial charge in [-0.05, 0) is 36.8 Å². The third-order valence-electron chi connectivity index (χ3n) is 4.32. The first kappa shape index (κ1) is 14.8. The number of carboxylic acid groups (broad SMARTS) is 1. The molecule has 1 aliphatic rings. The van der Waals surface area contributed by atoms with Gasteiger partial charge in [-0.15, -0.1) is 0 Å². The fourth-order valence-corrected chi connectivity index (χ4v) is 2.91. The number of aryl methyl sites for hydroxylation is 1. The Labute approximate surface area is 120 Å². The van der Waals surface area contributed by atoms with E-state index < -0.39 is 5.97 Å². The fourth-order valence-electron chi connectivity index (χ4n) is 2.91. The zero-order valence-electron chi connectivity index (χ0n) is 12.6. The fraction of sp³-hybridized carbons (Fsp3) is 0.625. The van der Waals surface area contributed by atoms with E-state index in [2.05, 4.69) is 24.1 Å². The molecule has 0 aromatic carbocycles. The van der Waals surface area contributed by atoms with Crippen LogP contribution in [0, 0.1) is 5.41 Å². The second-order valence-electron chi connectivity index (χ2n) is 6.32. The number of aromatic carboxylic acids is 1. The van der Waals surface area contributed by atoms with Crippen molar-refractivity contribution in [3.63, 3.8) is 0 Å². The first-order valence-corrected chi connectivity index (χ1v) is 7.43. The Bertz CT molecular complexity index is 497. The standard InChI is InChI=1S/C16H24N2O2/c1-4-12-9-11(15(19)20)10-14(17-12)18-13-7-5-6-8-16(13,2)3/h9-10,13H,4-8H2,1-3H3,(H,17,18)(H,19,20). The Hall–Kier alpha value is -1.58. The number of carbonyl (C=O) groups is 1. The van der Waals surface area contributed by atoms with E-state index in [0.717, 1.165) is 18.5 Å². The van der Waals surface area contributed by atoms with Gasteiger partial charge in [0, 0.05) is 11.7 Å². The topological polar surface area (TPSA) is 62.2 Å². The highest BCUT2D eigenvalue weighted by Crippen LogP contribution is 2.37. The number of hydrogen-bond donors (Lipinski definition) is 2. The molecule has 1 aliphatic carbocycles. The van der Waals surface area contributed by atoms with Crippen LogP contribution in [0.15, 0.2) is 12.1 Å². The van der Waals surface area contributed by atoms with E-state index in [0.29, 0.717) is 17.4 Å². The van der Waals surface area contributed by atoms with Crippen LogP contribution >= 0.6 is 0 Å². The van der Waals surface area contributed by atoms with Crippen LogP contribution < -0.4 is 5.32 Å². The Balaban J connectivity index is 2.23. The molecular formula is C16H24N2O2. The molecule has 1 heterocycles. The lowest BCUT2D eigenvalue weighted by Gasteiger charge is -2.39. The summed E-state index contributed by atoms with van der Waals surface area (Å²) < 4.78 is 0. The Morgan fingerprint density at radius 1 is 1.45 bits per heavy atom. The minimum Gasteiger partial charge on any atom is -0.478 e. The summed E-state index contributed by atoms with van der Waals surface area (Å²) in [6.07, 6.45) is 5.55. The molecule has 1 aromatic heterocycles. The zero-order chi connectivity index (χ0) is 14.8. The normalized spacial score (nSPS) is 21.4. The molecule has 1 unspecified atom stereocenters. The first-order chi connectivity index (χ1) is 9.42. The maximum Gasteiger partial charge on any atom is 0.335 e. The molecular weight excluding hydrogens is 252 g/mol. The van der Waals surface area contributed by atoms with E-state index in [9.17, 15) is 9.90 Å². The van der Waals surface area contributed by atoms with E-state index in [1.54, 1.807) is 12.1 Å². The molecule has 0 bridgehead atoms. The second-order valence-corrected chi connectivity index (χ2v) is 6.32.